The van der Waals surface area contributed by atoms with Gasteiger partial charge in [0.15, 0.2) is 11.4 Å². The van der Waals surface area contributed by atoms with Gasteiger partial charge in [-0.05, 0) is 37.3 Å². The second-order valence-corrected chi connectivity index (χ2v) is 9.83. The van der Waals surface area contributed by atoms with Crippen LogP contribution in [0.3, 0.4) is 0 Å². The van der Waals surface area contributed by atoms with Crippen molar-refractivity contribution in [3.05, 3.63) is 48.5 Å². The van der Waals surface area contributed by atoms with Crippen molar-refractivity contribution in [3.8, 4) is 5.75 Å². The van der Waals surface area contributed by atoms with E-state index in [0.717, 1.165) is 55.7 Å². The van der Waals surface area contributed by atoms with Gasteiger partial charge in [-0.2, -0.15) is 10.2 Å². The summed E-state index contributed by atoms with van der Waals surface area (Å²) in [5.74, 6) is 0.917. The van der Waals surface area contributed by atoms with Gasteiger partial charge < -0.3 is 19.5 Å². The monoisotopic (exact) mass is 522 g/mol. The van der Waals surface area contributed by atoms with Gasteiger partial charge in [-0.25, -0.2) is 9.50 Å². The number of ether oxygens (including phenoxy) is 3. The van der Waals surface area contributed by atoms with Crippen LogP contribution in [-0.4, -0.2) is 55.8 Å². The summed E-state index contributed by atoms with van der Waals surface area (Å²) in [7, 11) is 0. The Bertz CT molecular complexity index is 1380. The van der Waals surface area contributed by atoms with Crippen molar-refractivity contribution in [1.29, 1.82) is 0 Å². The Balaban J connectivity index is 0.000000212. The lowest BCUT2D eigenvalue weighted by Gasteiger charge is -2.34. The molecule has 1 amide bonds. The number of nitrogens with zero attached hydrogens (tertiary/aromatic N) is 4. The Morgan fingerprint density at radius 3 is 2.79 bits per heavy atom. The molecule has 4 heterocycles. The molecule has 38 heavy (non-hydrogen) atoms. The van der Waals surface area contributed by atoms with E-state index in [9.17, 15) is 4.79 Å². The smallest absolute Gasteiger partial charge is 0.259 e. The Labute approximate surface area is 223 Å². The van der Waals surface area contributed by atoms with Gasteiger partial charge in [0.2, 0.25) is 0 Å². The lowest BCUT2D eigenvalue weighted by molar-refractivity contribution is -0.185. The number of H-pyrrole nitrogens is 1. The zero-order valence-corrected chi connectivity index (χ0v) is 22.3. The van der Waals surface area contributed by atoms with Gasteiger partial charge >= 0.3 is 0 Å². The molecule has 1 saturated heterocycles. The van der Waals surface area contributed by atoms with Crippen molar-refractivity contribution >= 4 is 28.1 Å². The molecule has 3 aromatic heterocycles. The van der Waals surface area contributed by atoms with E-state index in [2.05, 4.69) is 32.5 Å². The summed E-state index contributed by atoms with van der Waals surface area (Å²) >= 11 is 0. The molecule has 7 rings (SSSR count). The van der Waals surface area contributed by atoms with Gasteiger partial charge in [0.1, 0.15) is 11.4 Å². The molecule has 1 atom stereocenters. The van der Waals surface area contributed by atoms with Crippen molar-refractivity contribution in [2.24, 2.45) is 5.92 Å². The van der Waals surface area contributed by atoms with E-state index in [1.54, 1.807) is 41.4 Å². The van der Waals surface area contributed by atoms with Crippen LogP contribution in [0.2, 0.25) is 0 Å². The molecule has 204 valence electrons. The molecule has 3 aliphatic rings. The average molecular weight is 523 g/mol. The van der Waals surface area contributed by atoms with Crippen LogP contribution in [0.1, 0.15) is 71.1 Å². The molecule has 0 unspecified atom stereocenters. The summed E-state index contributed by atoms with van der Waals surface area (Å²) in [4.78, 5) is 17.1. The van der Waals surface area contributed by atoms with E-state index in [1.165, 1.54) is 12.8 Å². The Morgan fingerprint density at radius 2 is 2.03 bits per heavy atom. The maximum atomic E-state index is 12.9. The second-order valence-electron chi connectivity index (χ2n) is 9.83. The van der Waals surface area contributed by atoms with Gasteiger partial charge in [0.25, 0.3) is 5.91 Å². The van der Waals surface area contributed by atoms with Gasteiger partial charge in [-0.15, -0.1) is 0 Å². The topological polar surface area (TPSA) is 116 Å². The third kappa shape index (κ3) is 5.81. The highest BCUT2D eigenvalue weighted by Gasteiger charge is 2.39. The molecule has 2 aliphatic carbocycles. The fourth-order valence-electron chi connectivity index (χ4n) is 4.93. The molecular weight excluding hydrogens is 484 g/mol. The molecule has 3 fully saturated rings. The van der Waals surface area contributed by atoms with Crippen LogP contribution in [0.15, 0.2) is 43.0 Å². The zero-order chi connectivity index (χ0) is 26.5. The zero-order valence-electron chi connectivity index (χ0n) is 22.3. The second kappa shape index (κ2) is 11.5. The van der Waals surface area contributed by atoms with Crippen molar-refractivity contribution in [2.75, 3.05) is 18.5 Å². The number of hydrogen-bond acceptors (Lipinski definition) is 7. The van der Waals surface area contributed by atoms with Crippen LogP contribution < -0.4 is 10.1 Å². The fourth-order valence-corrected chi connectivity index (χ4v) is 4.93. The minimum atomic E-state index is -0.265. The first-order chi connectivity index (χ1) is 18.6. The van der Waals surface area contributed by atoms with Crippen molar-refractivity contribution in [1.82, 2.24) is 24.8 Å². The average Bonchev–Trinajstić information content (AvgIpc) is 3.27. The first-order valence-corrected chi connectivity index (χ1v) is 13.6. The van der Waals surface area contributed by atoms with E-state index in [0.29, 0.717) is 22.6 Å². The largest absolute Gasteiger partial charge is 0.490 e. The van der Waals surface area contributed by atoms with Gasteiger partial charge in [-0.1, -0.05) is 27.2 Å². The van der Waals surface area contributed by atoms with Crippen LogP contribution >= 0.6 is 0 Å². The summed E-state index contributed by atoms with van der Waals surface area (Å²) in [6.45, 7) is 7.88. The molecular formula is C28H38N6O4. The summed E-state index contributed by atoms with van der Waals surface area (Å²) in [5, 5.41) is 14.8. The van der Waals surface area contributed by atoms with Gasteiger partial charge in [-0.3, -0.25) is 9.89 Å². The number of aromatic amines is 1. The summed E-state index contributed by atoms with van der Waals surface area (Å²) < 4.78 is 18.8. The van der Waals surface area contributed by atoms with Crippen LogP contribution in [0.5, 0.6) is 5.75 Å². The van der Waals surface area contributed by atoms with E-state index in [1.807, 2.05) is 19.9 Å². The van der Waals surface area contributed by atoms with Crippen LogP contribution in [0.4, 0.5) is 5.69 Å². The van der Waals surface area contributed by atoms with Gasteiger partial charge in [0.05, 0.1) is 42.8 Å². The third-order valence-electron chi connectivity index (χ3n) is 6.86. The van der Waals surface area contributed by atoms with Crippen LogP contribution in [-0.2, 0) is 9.47 Å². The van der Waals surface area contributed by atoms with Crippen molar-refractivity contribution in [3.63, 3.8) is 0 Å². The number of carbonyl (C=O) groups is 1. The van der Waals surface area contributed by atoms with Crippen molar-refractivity contribution in [2.45, 2.75) is 71.2 Å². The molecule has 2 N–H and O–H groups in total. The lowest BCUT2D eigenvalue weighted by atomic mass is 9.86. The molecule has 0 bridgehead atoms. The predicted molar refractivity (Wildman–Crippen MR) is 146 cm³/mol. The quantitative estimate of drug-likeness (QED) is 0.358. The Morgan fingerprint density at radius 1 is 1.21 bits per heavy atom. The number of benzene rings is 1. The summed E-state index contributed by atoms with van der Waals surface area (Å²) in [5.41, 5.74) is 2.45. The normalized spacial score (nSPS) is 19.9. The molecule has 1 aliphatic heterocycles. The molecule has 10 nitrogen and oxygen atoms in total. The van der Waals surface area contributed by atoms with E-state index in [4.69, 9.17) is 14.2 Å². The maximum absolute atomic E-state index is 12.9. The third-order valence-corrected chi connectivity index (χ3v) is 6.86. The molecule has 2 saturated carbocycles. The standard InChI is InChI=1S/C17H14N6O2.C9H16O2.C2H6.H2/c24-17(21-14-9-20-23-5-1-4-18-16(14)23)12-6-10-8-19-22-13(10)7-15(12)25-11-2-3-11;1-8-3-2-4-9(7-8)10-5-6-11-9;1-2;/h1,4-9,11H,2-3H2,(H,19,22)(H,21,24);8H,2-7H2,1H3;1-2H3;1H/t;8-;;/m.1../s1. The first kappa shape index (κ1) is 26.1. The Kier molecular flexibility index (Phi) is 7.90. The Hall–Kier alpha value is -3.50. The van der Waals surface area contributed by atoms with Crippen LogP contribution in [0, 0.1) is 5.92 Å². The maximum Gasteiger partial charge on any atom is 0.259 e. The highest BCUT2D eigenvalue weighted by Crippen LogP contribution is 2.38. The van der Waals surface area contributed by atoms with Crippen LogP contribution in [0.25, 0.3) is 16.6 Å². The molecule has 0 radical (unpaired) electrons. The highest BCUT2D eigenvalue weighted by molar-refractivity contribution is 6.09. The number of rotatable bonds is 4. The lowest BCUT2D eigenvalue weighted by Crippen LogP contribution is -2.35. The minimum Gasteiger partial charge on any atom is -0.490 e. The SMILES string of the molecule is CC.C[C@@H]1CCCC2(C1)OCCO2.O=C(Nc1cnn2cccnc12)c1cc2cn[nH]c2cc1OC1CC1.[HH]. The number of nitrogens with one attached hydrogen (secondary N) is 2. The van der Waals surface area contributed by atoms with Gasteiger partial charge in [0, 0.05) is 38.1 Å². The number of aromatic nitrogens is 5. The van der Waals surface area contributed by atoms with E-state index < -0.39 is 0 Å². The molecule has 1 spiro atoms. The summed E-state index contributed by atoms with van der Waals surface area (Å²) in [6.07, 6.45) is 13.7. The summed E-state index contributed by atoms with van der Waals surface area (Å²) in [6, 6.07) is 5.38. The van der Waals surface area contributed by atoms with Crippen molar-refractivity contribution < 1.29 is 20.4 Å². The number of fused-ring (bicyclic) bond motifs is 2. The molecule has 4 aromatic rings. The predicted octanol–water partition coefficient (Wildman–Crippen LogP) is 5.61. The fraction of sp³-hybridized carbons (Fsp3) is 0.500. The highest BCUT2D eigenvalue weighted by atomic mass is 16.7. The first-order valence-electron chi connectivity index (χ1n) is 13.6. The van der Waals surface area contributed by atoms with E-state index in [-0.39, 0.29) is 19.2 Å². The number of anilines is 1. The molecule has 1 aromatic carbocycles. The number of carbonyl (C=O) groups excluding carboxylic acids is 1. The van der Waals surface area contributed by atoms with E-state index >= 15 is 0 Å². The minimum absolute atomic E-state index is 0. The molecule has 10 heteroatoms. The number of amides is 1. The number of hydrogen-bond donors (Lipinski definition) is 2.